The number of amides is 1. The minimum absolute atomic E-state index is 0.0650. The van der Waals surface area contributed by atoms with Gasteiger partial charge in [-0.2, -0.15) is 0 Å². The van der Waals surface area contributed by atoms with E-state index in [1.165, 1.54) is 0 Å². The van der Waals surface area contributed by atoms with Gasteiger partial charge in [0.15, 0.2) is 5.11 Å². The third kappa shape index (κ3) is 4.32. The number of rotatable bonds is 6. The van der Waals surface area contributed by atoms with E-state index in [1.807, 2.05) is 84.6 Å². The summed E-state index contributed by atoms with van der Waals surface area (Å²) in [5.41, 5.74) is 1.69. The highest BCUT2D eigenvalue weighted by Gasteiger charge is 2.41. The van der Waals surface area contributed by atoms with E-state index in [4.69, 9.17) is 16.6 Å². The normalized spacial score (nSPS) is 17.8. The Balaban J connectivity index is 1.35. The molecule has 3 heterocycles. The van der Waals surface area contributed by atoms with Crippen LogP contribution in [0, 0.1) is 6.92 Å². The summed E-state index contributed by atoms with van der Waals surface area (Å²) >= 11 is 5.66. The summed E-state index contributed by atoms with van der Waals surface area (Å²) in [5.74, 6) is 1.56. The zero-order valence-electron chi connectivity index (χ0n) is 18.2. The lowest BCUT2D eigenvalue weighted by molar-refractivity contribution is -0.116. The predicted molar refractivity (Wildman–Crippen MR) is 133 cm³/mol. The van der Waals surface area contributed by atoms with Gasteiger partial charge in [-0.05, 0) is 54.9 Å². The fourth-order valence-electron chi connectivity index (χ4n) is 4.34. The number of thiocarbonyl (C=S) groups is 1. The standard InChI is InChI=1S/C26H24N4O2S/c1-17-12-13-22(32-17)25-24(21-10-4-5-15-27-21)29-26(33)30(25)16-14-23(31)28-20-11-6-8-18-7-2-3-9-19(18)20/h2-13,15,24-25H,14,16H2,1H3,(H,28,31)(H,29,33)/t24-,25+/m0/s1. The first-order valence-corrected chi connectivity index (χ1v) is 11.3. The number of fused-ring (bicyclic) bond motifs is 1. The van der Waals surface area contributed by atoms with E-state index in [9.17, 15) is 4.79 Å². The van der Waals surface area contributed by atoms with Crippen molar-refractivity contribution in [3.8, 4) is 0 Å². The zero-order chi connectivity index (χ0) is 22.8. The van der Waals surface area contributed by atoms with Gasteiger partial charge in [-0.15, -0.1) is 0 Å². The van der Waals surface area contributed by atoms with Gasteiger partial charge in [0.1, 0.15) is 17.6 Å². The van der Waals surface area contributed by atoms with Crippen LogP contribution in [0.25, 0.3) is 10.8 Å². The topological polar surface area (TPSA) is 70.4 Å². The van der Waals surface area contributed by atoms with E-state index in [0.717, 1.165) is 33.7 Å². The Morgan fingerprint density at radius 2 is 1.91 bits per heavy atom. The first kappa shape index (κ1) is 21.2. The number of nitrogens with zero attached hydrogens (tertiary/aromatic N) is 2. The minimum atomic E-state index is -0.188. The molecule has 0 spiro atoms. The van der Waals surface area contributed by atoms with Gasteiger partial charge >= 0.3 is 0 Å². The Bertz CT molecular complexity index is 1300. The van der Waals surface area contributed by atoms with Crippen LogP contribution in [0.2, 0.25) is 0 Å². The van der Waals surface area contributed by atoms with Crippen LogP contribution in [-0.4, -0.2) is 27.4 Å². The average Bonchev–Trinajstić information content (AvgIpc) is 3.41. The summed E-state index contributed by atoms with van der Waals surface area (Å²) in [6.45, 7) is 2.37. The zero-order valence-corrected chi connectivity index (χ0v) is 19.0. The molecule has 33 heavy (non-hydrogen) atoms. The molecule has 7 heteroatoms. The maximum atomic E-state index is 12.9. The molecule has 0 radical (unpaired) electrons. The van der Waals surface area contributed by atoms with Gasteiger partial charge in [-0.25, -0.2) is 0 Å². The van der Waals surface area contributed by atoms with Crippen LogP contribution in [0.4, 0.5) is 5.69 Å². The number of carbonyl (C=O) groups excluding carboxylic acids is 1. The molecule has 4 aromatic rings. The lowest BCUT2D eigenvalue weighted by atomic mass is 10.0. The Hall–Kier alpha value is -3.71. The van der Waals surface area contributed by atoms with Crippen LogP contribution in [0.3, 0.4) is 0 Å². The smallest absolute Gasteiger partial charge is 0.226 e. The number of aromatic nitrogens is 1. The van der Waals surface area contributed by atoms with Crippen molar-refractivity contribution in [3.63, 3.8) is 0 Å². The quantitative estimate of drug-likeness (QED) is 0.392. The van der Waals surface area contributed by atoms with Gasteiger partial charge in [0, 0.05) is 30.2 Å². The Morgan fingerprint density at radius 1 is 1.09 bits per heavy atom. The van der Waals surface area contributed by atoms with Crippen molar-refractivity contribution in [2.24, 2.45) is 0 Å². The number of anilines is 1. The SMILES string of the molecule is Cc1ccc([C@@H]2[C@H](c3ccccn3)NC(=S)N2CCC(=O)Nc2cccc3ccccc23)o1. The molecule has 1 saturated heterocycles. The molecule has 1 fully saturated rings. The second kappa shape index (κ2) is 9.03. The Morgan fingerprint density at radius 3 is 2.70 bits per heavy atom. The van der Waals surface area contributed by atoms with Gasteiger partial charge in [0.2, 0.25) is 5.91 Å². The molecule has 0 bridgehead atoms. The van der Waals surface area contributed by atoms with Crippen molar-refractivity contribution in [1.82, 2.24) is 15.2 Å². The van der Waals surface area contributed by atoms with E-state index in [0.29, 0.717) is 11.7 Å². The van der Waals surface area contributed by atoms with E-state index < -0.39 is 0 Å². The number of benzene rings is 2. The minimum Gasteiger partial charge on any atom is -0.464 e. The number of pyridine rings is 1. The second-order valence-electron chi connectivity index (χ2n) is 8.09. The van der Waals surface area contributed by atoms with Crippen LogP contribution in [0.5, 0.6) is 0 Å². The van der Waals surface area contributed by atoms with Gasteiger partial charge in [0.25, 0.3) is 0 Å². The van der Waals surface area contributed by atoms with E-state index >= 15 is 0 Å². The summed E-state index contributed by atoms with van der Waals surface area (Å²) in [4.78, 5) is 19.4. The van der Waals surface area contributed by atoms with Crippen LogP contribution in [0.1, 0.15) is 35.7 Å². The third-order valence-corrected chi connectivity index (χ3v) is 6.25. The number of hydrogen-bond donors (Lipinski definition) is 2. The maximum absolute atomic E-state index is 12.9. The monoisotopic (exact) mass is 456 g/mol. The summed E-state index contributed by atoms with van der Waals surface area (Å²) < 4.78 is 5.98. The summed E-state index contributed by atoms with van der Waals surface area (Å²) in [6, 6.07) is 23.3. The maximum Gasteiger partial charge on any atom is 0.226 e. The molecule has 2 aromatic carbocycles. The van der Waals surface area contributed by atoms with Crippen molar-refractivity contribution < 1.29 is 9.21 Å². The van der Waals surface area contributed by atoms with E-state index in [1.54, 1.807) is 6.20 Å². The van der Waals surface area contributed by atoms with Crippen molar-refractivity contribution in [1.29, 1.82) is 0 Å². The molecule has 2 atom stereocenters. The molecule has 0 unspecified atom stereocenters. The fourth-order valence-corrected chi connectivity index (χ4v) is 4.67. The molecule has 5 rings (SSSR count). The number of nitrogens with one attached hydrogen (secondary N) is 2. The van der Waals surface area contributed by atoms with E-state index in [2.05, 4.69) is 15.6 Å². The van der Waals surface area contributed by atoms with Crippen LogP contribution in [-0.2, 0) is 4.79 Å². The van der Waals surface area contributed by atoms with Crippen molar-refractivity contribution in [2.75, 3.05) is 11.9 Å². The number of aryl methyl sites for hydroxylation is 1. The van der Waals surface area contributed by atoms with Gasteiger partial charge in [-0.3, -0.25) is 9.78 Å². The lowest BCUT2D eigenvalue weighted by Crippen LogP contribution is -2.32. The summed E-state index contributed by atoms with van der Waals surface area (Å²) in [7, 11) is 0. The first-order valence-electron chi connectivity index (χ1n) is 10.9. The van der Waals surface area contributed by atoms with Crippen LogP contribution in [0.15, 0.2) is 83.4 Å². The molecule has 166 valence electrons. The highest BCUT2D eigenvalue weighted by atomic mass is 32.1. The second-order valence-corrected chi connectivity index (χ2v) is 8.48. The molecule has 1 aliphatic rings. The van der Waals surface area contributed by atoms with Crippen LogP contribution >= 0.6 is 12.2 Å². The average molecular weight is 457 g/mol. The highest BCUT2D eigenvalue weighted by molar-refractivity contribution is 7.80. The molecule has 1 amide bonds. The van der Waals surface area contributed by atoms with Crippen molar-refractivity contribution >= 4 is 39.7 Å². The molecule has 6 nitrogen and oxygen atoms in total. The molecule has 2 aromatic heterocycles. The molecular weight excluding hydrogens is 432 g/mol. The van der Waals surface area contributed by atoms with E-state index in [-0.39, 0.29) is 24.4 Å². The molecule has 0 saturated carbocycles. The van der Waals surface area contributed by atoms with Gasteiger partial charge in [-0.1, -0.05) is 42.5 Å². The summed E-state index contributed by atoms with van der Waals surface area (Å²) in [5, 5.41) is 9.13. The Labute approximate surface area is 197 Å². The lowest BCUT2D eigenvalue weighted by Gasteiger charge is -2.25. The predicted octanol–water partition coefficient (Wildman–Crippen LogP) is 5.14. The van der Waals surface area contributed by atoms with Gasteiger partial charge < -0.3 is 20.0 Å². The first-order chi connectivity index (χ1) is 16.1. The van der Waals surface area contributed by atoms with Crippen molar-refractivity contribution in [3.05, 3.63) is 96.2 Å². The molecule has 1 aliphatic heterocycles. The van der Waals surface area contributed by atoms with Crippen LogP contribution < -0.4 is 10.6 Å². The van der Waals surface area contributed by atoms with Gasteiger partial charge in [0.05, 0.1) is 11.7 Å². The Kier molecular flexibility index (Phi) is 5.79. The number of furan rings is 1. The fraction of sp³-hybridized carbons (Fsp3) is 0.192. The summed E-state index contributed by atoms with van der Waals surface area (Å²) in [6.07, 6.45) is 2.06. The molecular formula is C26H24N4O2S. The largest absolute Gasteiger partial charge is 0.464 e. The number of hydrogen-bond acceptors (Lipinski definition) is 4. The van der Waals surface area contributed by atoms with Crippen molar-refractivity contribution in [2.45, 2.75) is 25.4 Å². The third-order valence-electron chi connectivity index (χ3n) is 5.89. The molecule has 0 aliphatic carbocycles. The molecule has 2 N–H and O–H groups in total. The highest BCUT2D eigenvalue weighted by Crippen LogP contribution is 2.39. The number of carbonyl (C=O) groups is 1.